The van der Waals surface area contributed by atoms with Crippen LogP contribution in [0.1, 0.15) is 12.5 Å². The number of esters is 1. The summed E-state index contributed by atoms with van der Waals surface area (Å²) in [6.07, 6.45) is 0. The SMILES string of the molecule is COC(=O)[C@@H]1[C@@H](C)C(=O)N1c1ccc(C)cc1. The summed E-state index contributed by atoms with van der Waals surface area (Å²) in [5.41, 5.74) is 1.86. The maximum absolute atomic E-state index is 11.8. The van der Waals surface area contributed by atoms with E-state index in [9.17, 15) is 9.59 Å². The first-order chi connectivity index (χ1) is 8.06. The van der Waals surface area contributed by atoms with Crippen LogP contribution in [-0.4, -0.2) is 25.0 Å². The number of carbonyl (C=O) groups is 2. The highest BCUT2D eigenvalue weighted by molar-refractivity contribution is 6.10. The normalized spacial score (nSPS) is 23.2. The lowest BCUT2D eigenvalue weighted by atomic mass is 9.88. The third kappa shape index (κ3) is 1.79. The maximum Gasteiger partial charge on any atom is 0.329 e. The van der Waals surface area contributed by atoms with Crippen molar-refractivity contribution in [1.29, 1.82) is 0 Å². The van der Waals surface area contributed by atoms with Gasteiger partial charge in [-0.2, -0.15) is 0 Å². The van der Waals surface area contributed by atoms with Crippen LogP contribution >= 0.6 is 0 Å². The van der Waals surface area contributed by atoms with Gasteiger partial charge in [0, 0.05) is 5.69 Å². The van der Waals surface area contributed by atoms with E-state index < -0.39 is 6.04 Å². The minimum absolute atomic E-state index is 0.0377. The summed E-state index contributed by atoms with van der Waals surface area (Å²) in [4.78, 5) is 24.9. The number of hydrogen-bond acceptors (Lipinski definition) is 3. The minimum Gasteiger partial charge on any atom is -0.467 e. The van der Waals surface area contributed by atoms with Crippen LogP contribution in [-0.2, 0) is 14.3 Å². The summed E-state index contributed by atoms with van der Waals surface area (Å²) in [7, 11) is 1.34. The Hall–Kier alpha value is -1.84. The molecule has 1 heterocycles. The van der Waals surface area contributed by atoms with Crippen molar-refractivity contribution in [3.63, 3.8) is 0 Å². The van der Waals surface area contributed by atoms with Gasteiger partial charge in [0.1, 0.15) is 6.04 Å². The van der Waals surface area contributed by atoms with E-state index in [-0.39, 0.29) is 17.8 Å². The molecule has 17 heavy (non-hydrogen) atoms. The van der Waals surface area contributed by atoms with Crippen LogP contribution in [0.25, 0.3) is 0 Å². The molecule has 1 saturated heterocycles. The van der Waals surface area contributed by atoms with Gasteiger partial charge in [-0.15, -0.1) is 0 Å². The minimum atomic E-state index is -0.491. The van der Waals surface area contributed by atoms with Crippen molar-refractivity contribution in [2.24, 2.45) is 5.92 Å². The number of anilines is 1. The van der Waals surface area contributed by atoms with Crippen LogP contribution in [0.4, 0.5) is 5.69 Å². The fourth-order valence-corrected chi connectivity index (χ4v) is 2.06. The van der Waals surface area contributed by atoms with E-state index in [1.807, 2.05) is 31.2 Å². The van der Waals surface area contributed by atoms with Gasteiger partial charge in [0.25, 0.3) is 0 Å². The second kappa shape index (κ2) is 4.20. The average Bonchev–Trinajstić information content (AvgIpc) is 2.35. The molecular weight excluding hydrogens is 218 g/mol. The Morgan fingerprint density at radius 1 is 1.29 bits per heavy atom. The van der Waals surface area contributed by atoms with E-state index in [2.05, 4.69) is 0 Å². The molecule has 90 valence electrons. The summed E-state index contributed by atoms with van der Waals surface area (Å²) >= 11 is 0. The Balaban J connectivity index is 2.28. The topological polar surface area (TPSA) is 46.6 Å². The first-order valence-electron chi connectivity index (χ1n) is 5.54. The largest absolute Gasteiger partial charge is 0.467 e. The van der Waals surface area contributed by atoms with Crippen molar-refractivity contribution in [2.45, 2.75) is 19.9 Å². The summed E-state index contributed by atoms with van der Waals surface area (Å²) in [6.45, 7) is 3.72. The fraction of sp³-hybridized carbons (Fsp3) is 0.385. The molecule has 1 aliphatic rings. The average molecular weight is 233 g/mol. The molecule has 1 aliphatic heterocycles. The predicted molar refractivity (Wildman–Crippen MR) is 63.6 cm³/mol. The van der Waals surface area contributed by atoms with E-state index >= 15 is 0 Å². The molecule has 0 radical (unpaired) electrons. The molecule has 2 atom stereocenters. The van der Waals surface area contributed by atoms with Crippen LogP contribution in [0.15, 0.2) is 24.3 Å². The van der Waals surface area contributed by atoms with E-state index in [1.165, 1.54) is 12.0 Å². The molecule has 0 spiro atoms. The highest BCUT2D eigenvalue weighted by atomic mass is 16.5. The number of carbonyl (C=O) groups excluding carboxylic acids is 2. The summed E-state index contributed by atoms with van der Waals surface area (Å²) in [5, 5.41) is 0. The monoisotopic (exact) mass is 233 g/mol. The van der Waals surface area contributed by atoms with Gasteiger partial charge >= 0.3 is 5.97 Å². The van der Waals surface area contributed by atoms with Crippen molar-refractivity contribution in [1.82, 2.24) is 0 Å². The van der Waals surface area contributed by atoms with E-state index in [4.69, 9.17) is 4.74 Å². The molecule has 1 aromatic rings. The molecule has 1 aromatic carbocycles. The molecule has 2 rings (SSSR count). The number of amides is 1. The highest BCUT2D eigenvalue weighted by Gasteiger charge is 2.50. The van der Waals surface area contributed by atoms with Crippen molar-refractivity contribution in [3.05, 3.63) is 29.8 Å². The number of nitrogens with zero attached hydrogens (tertiary/aromatic N) is 1. The molecule has 0 saturated carbocycles. The number of ether oxygens (including phenoxy) is 1. The zero-order chi connectivity index (χ0) is 12.6. The van der Waals surface area contributed by atoms with Gasteiger partial charge in [0.05, 0.1) is 13.0 Å². The van der Waals surface area contributed by atoms with Crippen LogP contribution in [0.5, 0.6) is 0 Å². The first-order valence-corrected chi connectivity index (χ1v) is 5.54. The Morgan fingerprint density at radius 3 is 2.41 bits per heavy atom. The van der Waals surface area contributed by atoms with Gasteiger partial charge in [-0.25, -0.2) is 4.79 Å². The summed E-state index contributed by atoms with van der Waals surface area (Å²) in [6, 6.07) is 7.03. The molecule has 1 fully saturated rings. The third-order valence-corrected chi connectivity index (χ3v) is 3.13. The van der Waals surface area contributed by atoms with Gasteiger partial charge in [-0.05, 0) is 19.1 Å². The Bertz CT molecular complexity index is 452. The molecule has 0 unspecified atom stereocenters. The van der Waals surface area contributed by atoms with Crippen LogP contribution < -0.4 is 4.90 Å². The van der Waals surface area contributed by atoms with Gasteiger partial charge < -0.3 is 4.74 Å². The van der Waals surface area contributed by atoms with Crippen molar-refractivity contribution >= 4 is 17.6 Å². The van der Waals surface area contributed by atoms with E-state index in [1.54, 1.807) is 6.92 Å². The maximum atomic E-state index is 11.8. The van der Waals surface area contributed by atoms with Gasteiger partial charge in [0.2, 0.25) is 5.91 Å². The predicted octanol–water partition coefficient (Wildman–Crippen LogP) is 1.52. The second-order valence-corrected chi connectivity index (χ2v) is 4.30. The molecule has 0 aromatic heterocycles. The third-order valence-electron chi connectivity index (χ3n) is 3.13. The summed E-state index contributed by atoms with van der Waals surface area (Å²) in [5.74, 6) is -0.703. The number of rotatable bonds is 2. The van der Waals surface area contributed by atoms with Crippen molar-refractivity contribution < 1.29 is 14.3 Å². The lowest BCUT2D eigenvalue weighted by Gasteiger charge is -2.43. The fourth-order valence-electron chi connectivity index (χ4n) is 2.06. The molecule has 0 bridgehead atoms. The number of β-lactam (4-membered cyclic amide) rings is 1. The first kappa shape index (κ1) is 11.6. The number of methoxy groups -OCH3 is 1. The molecule has 1 amide bonds. The Morgan fingerprint density at radius 2 is 1.88 bits per heavy atom. The lowest BCUT2D eigenvalue weighted by molar-refractivity contribution is -0.151. The quantitative estimate of drug-likeness (QED) is 0.574. The van der Waals surface area contributed by atoms with E-state index in [0.29, 0.717) is 0 Å². The second-order valence-electron chi connectivity index (χ2n) is 4.30. The van der Waals surface area contributed by atoms with Crippen molar-refractivity contribution in [3.8, 4) is 0 Å². The Labute approximate surface area is 100 Å². The number of hydrogen-bond donors (Lipinski definition) is 0. The van der Waals surface area contributed by atoms with Crippen LogP contribution in [0.3, 0.4) is 0 Å². The molecule has 4 heteroatoms. The van der Waals surface area contributed by atoms with Gasteiger partial charge in [0.15, 0.2) is 0 Å². The van der Waals surface area contributed by atoms with Crippen molar-refractivity contribution in [2.75, 3.05) is 12.0 Å². The molecule has 0 aliphatic carbocycles. The zero-order valence-corrected chi connectivity index (χ0v) is 10.1. The smallest absolute Gasteiger partial charge is 0.329 e. The highest BCUT2D eigenvalue weighted by Crippen LogP contribution is 2.33. The Kier molecular flexibility index (Phi) is 2.88. The van der Waals surface area contributed by atoms with Crippen LogP contribution in [0, 0.1) is 12.8 Å². The summed E-state index contributed by atoms with van der Waals surface area (Å²) < 4.78 is 4.72. The van der Waals surface area contributed by atoms with Crippen LogP contribution in [0.2, 0.25) is 0 Å². The van der Waals surface area contributed by atoms with Gasteiger partial charge in [-0.3, -0.25) is 9.69 Å². The molecular formula is C13H15NO3. The molecule has 4 nitrogen and oxygen atoms in total. The van der Waals surface area contributed by atoms with Gasteiger partial charge in [-0.1, -0.05) is 24.6 Å². The van der Waals surface area contributed by atoms with E-state index in [0.717, 1.165) is 11.3 Å². The molecule has 0 N–H and O–H groups in total. The zero-order valence-electron chi connectivity index (χ0n) is 10.1. The lowest BCUT2D eigenvalue weighted by Crippen LogP contribution is -2.64. The number of benzene rings is 1. The number of aryl methyl sites for hydroxylation is 1. The standard InChI is InChI=1S/C13H15NO3/c1-8-4-6-10(7-5-8)14-11(13(16)17-3)9(2)12(14)15/h4-7,9,11H,1-3H3/t9-,11+/m1/s1.